The first-order chi connectivity index (χ1) is 6.45. The molecule has 0 amide bonds. The molecule has 0 heterocycles. The first-order valence-corrected chi connectivity index (χ1v) is 7.39. The van der Waals surface area contributed by atoms with Crippen molar-refractivity contribution in [3.8, 4) is 0 Å². The van der Waals surface area contributed by atoms with Gasteiger partial charge in [-0.2, -0.15) is 0 Å². The van der Waals surface area contributed by atoms with Gasteiger partial charge in [0, 0.05) is 0 Å². The van der Waals surface area contributed by atoms with Crippen LogP contribution in [0, 0.1) is 0 Å². The molecule has 0 unspecified atom stereocenters. The molecule has 0 nitrogen and oxygen atoms in total. The van der Waals surface area contributed by atoms with E-state index in [9.17, 15) is 0 Å². The van der Waals surface area contributed by atoms with Gasteiger partial charge in [0.2, 0.25) is 0 Å². The van der Waals surface area contributed by atoms with Crippen molar-refractivity contribution in [2.24, 2.45) is 0 Å². The van der Waals surface area contributed by atoms with Crippen molar-refractivity contribution >= 4 is 0 Å². The molecular formula is C12H16Zr. The maximum absolute atomic E-state index is 2.31. The Kier molecular flexibility index (Phi) is 5.31. The Morgan fingerprint density at radius 3 is 1.69 bits per heavy atom. The minimum absolute atomic E-state index is 0.312. The molecule has 68 valence electrons. The van der Waals surface area contributed by atoms with Gasteiger partial charge in [-0.25, -0.2) is 0 Å². The van der Waals surface area contributed by atoms with Gasteiger partial charge in [-0.05, 0) is 0 Å². The van der Waals surface area contributed by atoms with Gasteiger partial charge in [0.05, 0.1) is 0 Å². The largest absolute Gasteiger partial charge is 0.0683 e. The molecule has 0 N–H and O–H groups in total. The van der Waals surface area contributed by atoms with Gasteiger partial charge in [-0.1, -0.05) is 13.8 Å². The van der Waals surface area contributed by atoms with Crippen LogP contribution in [0.4, 0.5) is 0 Å². The maximum Gasteiger partial charge on any atom is -0.0683 e. The van der Waals surface area contributed by atoms with Gasteiger partial charge in [0.15, 0.2) is 0 Å². The van der Waals surface area contributed by atoms with E-state index in [1.807, 2.05) is 13.8 Å². The van der Waals surface area contributed by atoms with Crippen LogP contribution in [0.2, 0.25) is 0 Å². The first-order valence-electron chi connectivity index (χ1n) is 4.93. The summed E-state index contributed by atoms with van der Waals surface area (Å²) >= 11 is -0.312. The minimum Gasteiger partial charge on any atom is -0.0683 e. The molecule has 13 heavy (non-hydrogen) atoms. The molecular weight excluding hydrogens is 235 g/mol. The molecule has 0 aromatic heterocycles. The third kappa shape index (κ3) is 3.60. The van der Waals surface area contributed by atoms with Crippen LogP contribution in [0.15, 0.2) is 43.0 Å². The smallest absolute Gasteiger partial charge is 0.0683 e. The number of allylic oxidation sites excluding steroid dienone is 8. The molecule has 0 radical (unpaired) electrons. The molecule has 0 fully saturated rings. The summed E-state index contributed by atoms with van der Waals surface area (Å²) in [5.41, 5.74) is 0. The third-order valence-corrected chi connectivity index (χ3v) is 5.27. The molecule has 0 spiro atoms. The second-order valence-corrected chi connectivity index (χ2v) is 6.55. The van der Waals surface area contributed by atoms with Gasteiger partial charge in [-0.3, -0.25) is 0 Å². The second-order valence-electron chi connectivity index (χ2n) is 2.77. The number of rotatable bonds is 2. The van der Waals surface area contributed by atoms with Crippen LogP contribution in [0.1, 0.15) is 26.7 Å². The zero-order valence-electron chi connectivity index (χ0n) is 8.38. The Morgan fingerprint density at radius 2 is 1.38 bits per heavy atom. The molecule has 0 atom stereocenters. The van der Waals surface area contributed by atoms with Crippen molar-refractivity contribution in [3.05, 3.63) is 43.0 Å². The summed E-state index contributed by atoms with van der Waals surface area (Å²) in [6.45, 7) is 4.00. The fourth-order valence-corrected chi connectivity index (χ4v) is 4.26. The Balaban J connectivity index is 0.000000396. The zero-order valence-corrected chi connectivity index (χ0v) is 10.8. The minimum atomic E-state index is -0.312. The summed E-state index contributed by atoms with van der Waals surface area (Å²) in [5.74, 6) is 0. The van der Waals surface area contributed by atoms with Crippen molar-refractivity contribution in [1.29, 1.82) is 0 Å². The van der Waals surface area contributed by atoms with E-state index >= 15 is 0 Å². The molecule has 0 aromatic carbocycles. The Hall–Kier alpha value is -0.157. The van der Waals surface area contributed by atoms with E-state index in [0.29, 0.717) is 0 Å². The predicted molar refractivity (Wildman–Crippen MR) is 55.0 cm³/mol. The molecule has 2 rings (SSSR count). The van der Waals surface area contributed by atoms with Crippen LogP contribution in [-0.4, -0.2) is 0 Å². The SMILES string of the molecule is C1=CC[C]([Zr][C]2=CC=CC2)=C1.CC. The van der Waals surface area contributed by atoms with E-state index in [-0.39, 0.29) is 23.2 Å². The van der Waals surface area contributed by atoms with Crippen molar-refractivity contribution in [3.63, 3.8) is 0 Å². The zero-order chi connectivity index (χ0) is 9.52. The van der Waals surface area contributed by atoms with Crippen LogP contribution in [0.3, 0.4) is 0 Å². The van der Waals surface area contributed by atoms with Gasteiger partial charge in [0.1, 0.15) is 0 Å². The maximum atomic E-state index is 2.31. The summed E-state index contributed by atoms with van der Waals surface area (Å²) in [6.07, 6.45) is 16.0. The Bertz CT molecular complexity index is 239. The fraction of sp³-hybridized carbons (Fsp3) is 0.333. The topological polar surface area (TPSA) is 0 Å². The molecule has 1 heteroatoms. The van der Waals surface area contributed by atoms with Gasteiger partial charge in [-0.15, -0.1) is 0 Å². The fourth-order valence-electron chi connectivity index (χ4n) is 1.29. The number of hydrogen-bond acceptors (Lipinski definition) is 0. The van der Waals surface area contributed by atoms with E-state index < -0.39 is 0 Å². The Morgan fingerprint density at radius 1 is 0.923 bits per heavy atom. The van der Waals surface area contributed by atoms with Gasteiger partial charge in [0.25, 0.3) is 0 Å². The predicted octanol–water partition coefficient (Wildman–Crippen LogP) is 3.78. The van der Waals surface area contributed by atoms with E-state index in [4.69, 9.17) is 0 Å². The van der Waals surface area contributed by atoms with Gasteiger partial charge < -0.3 is 0 Å². The normalized spacial score (nSPS) is 17.7. The summed E-state index contributed by atoms with van der Waals surface area (Å²) in [5, 5.41) is 0. The van der Waals surface area contributed by atoms with Gasteiger partial charge >= 0.3 is 79.1 Å². The van der Waals surface area contributed by atoms with Crippen LogP contribution in [0.25, 0.3) is 0 Å². The Labute approximate surface area is 92.7 Å². The summed E-state index contributed by atoms with van der Waals surface area (Å²) < 4.78 is 3.45. The average molecular weight is 251 g/mol. The standard InChI is InChI=1S/2C5H5.C2H6.Zr/c2*1-2-4-5-3-1;1-2;/h2*1-3H,4H2;1-2H3;. The number of hydrogen-bond donors (Lipinski definition) is 0. The molecule has 0 bridgehead atoms. The third-order valence-electron chi connectivity index (χ3n) is 1.86. The van der Waals surface area contributed by atoms with Crippen molar-refractivity contribution in [2.45, 2.75) is 26.7 Å². The van der Waals surface area contributed by atoms with E-state index in [1.165, 1.54) is 12.8 Å². The van der Waals surface area contributed by atoms with Crippen molar-refractivity contribution in [1.82, 2.24) is 0 Å². The molecule has 2 aliphatic carbocycles. The van der Waals surface area contributed by atoms with Crippen molar-refractivity contribution in [2.75, 3.05) is 0 Å². The second kappa shape index (κ2) is 6.32. The van der Waals surface area contributed by atoms with Crippen LogP contribution < -0.4 is 0 Å². The monoisotopic (exact) mass is 250 g/mol. The summed E-state index contributed by atoms with van der Waals surface area (Å²) in [7, 11) is 0. The molecule has 0 saturated heterocycles. The quantitative estimate of drug-likeness (QED) is 0.700. The molecule has 0 aliphatic heterocycles. The van der Waals surface area contributed by atoms with Crippen molar-refractivity contribution < 1.29 is 23.2 Å². The molecule has 0 saturated carbocycles. The first kappa shape index (κ1) is 10.9. The van der Waals surface area contributed by atoms with E-state index in [1.54, 1.807) is 6.56 Å². The van der Waals surface area contributed by atoms with E-state index in [2.05, 4.69) is 36.5 Å². The molecule has 0 aromatic rings. The summed E-state index contributed by atoms with van der Waals surface area (Å²) in [6, 6.07) is 0. The van der Waals surface area contributed by atoms with Crippen LogP contribution in [0.5, 0.6) is 0 Å². The van der Waals surface area contributed by atoms with Crippen LogP contribution >= 0.6 is 0 Å². The average Bonchev–Trinajstić information content (AvgIpc) is 2.81. The molecule has 2 aliphatic rings. The summed E-state index contributed by atoms with van der Waals surface area (Å²) in [4.78, 5) is 0. The van der Waals surface area contributed by atoms with Crippen LogP contribution in [-0.2, 0) is 23.2 Å². The van der Waals surface area contributed by atoms with E-state index in [0.717, 1.165) is 0 Å².